The van der Waals surface area contributed by atoms with E-state index in [9.17, 15) is 26.3 Å². The van der Waals surface area contributed by atoms with Gasteiger partial charge in [0.2, 0.25) is 0 Å². The molecule has 39 heavy (non-hydrogen) atoms. The number of nitrogens with zero attached hydrogens (tertiary/aromatic N) is 2. The van der Waals surface area contributed by atoms with Crippen molar-refractivity contribution in [3.8, 4) is 5.75 Å². The molecule has 1 aromatic carbocycles. The lowest BCUT2D eigenvalue weighted by atomic mass is 9.77. The van der Waals surface area contributed by atoms with E-state index in [2.05, 4.69) is 41.1 Å². The average molecular weight is 573 g/mol. The SMILES string of the molecule is COc1ccc(CN2CC[C@@]3(CN(C)C[C@@H]3COCC3CC3)C2)cc1.O=C(O)C(F)(F)F.O=C(O)C(F)(F)F. The second-order valence-electron chi connectivity index (χ2n) is 10.2. The van der Waals surface area contributed by atoms with E-state index < -0.39 is 24.3 Å². The second-order valence-corrected chi connectivity index (χ2v) is 10.2. The number of ether oxygens (including phenoxy) is 2. The van der Waals surface area contributed by atoms with Gasteiger partial charge in [-0.2, -0.15) is 26.3 Å². The number of hydrogen-bond donors (Lipinski definition) is 2. The molecule has 222 valence electrons. The lowest BCUT2D eigenvalue weighted by molar-refractivity contribution is -0.193. The molecule has 0 unspecified atom stereocenters. The van der Waals surface area contributed by atoms with Crippen LogP contribution in [0.1, 0.15) is 24.8 Å². The van der Waals surface area contributed by atoms with E-state index in [-0.39, 0.29) is 0 Å². The van der Waals surface area contributed by atoms with Gasteiger partial charge in [-0.05, 0) is 56.5 Å². The molecule has 1 saturated carbocycles. The predicted octanol–water partition coefficient (Wildman–Crippen LogP) is 4.14. The summed E-state index contributed by atoms with van der Waals surface area (Å²) in [5.74, 6) is -3.02. The number of aliphatic carboxylic acids is 2. The van der Waals surface area contributed by atoms with E-state index in [0.29, 0.717) is 11.3 Å². The van der Waals surface area contributed by atoms with Crippen LogP contribution < -0.4 is 4.74 Å². The summed E-state index contributed by atoms with van der Waals surface area (Å²) in [5, 5.41) is 14.2. The number of carboxylic acid groups (broad SMARTS) is 2. The average Bonchev–Trinajstić information content (AvgIpc) is 3.50. The molecule has 0 bridgehead atoms. The molecule has 2 heterocycles. The summed E-state index contributed by atoms with van der Waals surface area (Å²) in [6, 6.07) is 8.53. The highest BCUT2D eigenvalue weighted by Gasteiger charge is 2.49. The number of halogens is 6. The summed E-state index contributed by atoms with van der Waals surface area (Å²) in [7, 11) is 4.00. The standard InChI is InChI=1S/C21H32N2O2.2C2HF3O2/c1-22-12-19(14-25-13-18-3-4-18)21(15-22)9-10-23(16-21)11-17-5-7-20(24-2)8-6-17;2*3-2(4,5)1(6)7/h5-8,18-19H,3-4,9-16H2,1-2H3;2*(H,6,7)/t19-,21-;;/m1../s1. The van der Waals surface area contributed by atoms with Crippen molar-refractivity contribution in [1.29, 1.82) is 0 Å². The van der Waals surface area contributed by atoms with Crippen LogP contribution in [0.25, 0.3) is 0 Å². The van der Waals surface area contributed by atoms with Gasteiger partial charge in [-0.15, -0.1) is 0 Å². The van der Waals surface area contributed by atoms with Gasteiger partial charge in [0.05, 0.1) is 13.7 Å². The minimum Gasteiger partial charge on any atom is -0.497 e. The van der Waals surface area contributed by atoms with Gasteiger partial charge in [-0.1, -0.05) is 12.1 Å². The van der Waals surface area contributed by atoms with Crippen LogP contribution in [0.2, 0.25) is 0 Å². The van der Waals surface area contributed by atoms with Gasteiger partial charge in [0, 0.05) is 44.1 Å². The molecule has 3 aliphatic rings. The molecule has 0 radical (unpaired) electrons. The summed E-state index contributed by atoms with van der Waals surface area (Å²) in [6.45, 7) is 7.83. The Hall–Kier alpha value is -2.58. The zero-order chi connectivity index (χ0) is 29.4. The first-order valence-electron chi connectivity index (χ1n) is 12.3. The van der Waals surface area contributed by atoms with Gasteiger partial charge >= 0.3 is 24.3 Å². The molecular weight excluding hydrogens is 538 g/mol. The van der Waals surface area contributed by atoms with Gasteiger partial charge in [0.15, 0.2) is 0 Å². The second kappa shape index (κ2) is 13.7. The van der Waals surface area contributed by atoms with Crippen LogP contribution in [-0.4, -0.2) is 97.9 Å². The van der Waals surface area contributed by atoms with Gasteiger partial charge < -0.3 is 24.6 Å². The van der Waals surface area contributed by atoms with Crippen LogP contribution in [0.4, 0.5) is 26.3 Å². The van der Waals surface area contributed by atoms with Crippen molar-refractivity contribution < 1.29 is 55.6 Å². The van der Waals surface area contributed by atoms with Crippen molar-refractivity contribution in [3.63, 3.8) is 0 Å². The van der Waals surface area contributed by atoms with Gasteiger partial charge in [0.1, 0.15) is 5.75 Å². The van der Waals surface area contributed by atoms with Crippen molar-refractivity contribution in [2.75, 3.05) is 53.6 Å². The molecule has 2 atom stereocenters. The highest BCUT2D eigenvalue weighted by Crippen LogP contribution is 2.44. The Morgan fingerprint density at radius 3 is 1.97 bits per heavy atom. The summed E-state index contributed by atoms with van der Waals surface area (Å²) in [4.78, 5) is 22.9. The third-order valence-corrected chi connectivity index (χ3v) is 6.87. The molecule has 2 N–H and O–H groups in total. The number of carboxylic acids is 2. The van der Waals surface area contributed by atoms with Crippen LogP contribution in [-0.2, 0) is 20.9 Å². The highest BCUT2D eigenvalue weighted by molar-refractivity contribution is 5.73. The summed E-state index contributed by atoms with van der Waals surface area (Å²) in [5.41, 5.74) is 1.82. The van der Waals surface area contributed by atoms with E-state index in [0.717, 1.165) is 31.4 Å². The lowest BCUT2D eigenvalue weighted by Gasteiger charge is -2.30. The number of rotatable bonds is 7. The first-order chi connectivity index (χ1) is 18.1. The molecule has 1 spiro atoms. The fourth-order valence-corrected chi connectivity index (χ4v) is 4.76. The van der Waals surface area contributed by atoms with Crippen molar-refractivity contribution >= 4 is 11.9 Å². The zero-order valence-corrected chi connectivity index (χ0v) is 21.7. The quantitative estimate of drug-likeness (QED) is 0.471. The fraction of sp³-hybridized carbons (Fsp3) is 0.680. The minimum atomic E-state index is -5.08. The Labute approximate surface area is 222 Å². The van der Waals surface area contributed by atoms with E-state index in [4.69, 9.17) is 29.3 Å². The first-order valence-corrected chi connectivity index (χ1v) is 12.3. The van der Waals surface area contributed by atoms with Gasteiger partial charge in [0.25, 0.3) is 0 Å². The number of methoxy groups -OCH3 is 1. The minimum absolute atomic E-state index is 0.435. The third-order valence-electron chi connectivity index (χ3n) is 6.87. The number of benzene rings is 1. The summed E-state index contributed by atoms with van der Waals surface area (Å²) >= 11 is 0. The molecule has 8 nitrogen and oxygen atoms in total. The molecule has 4 rings (SSSR count). The molecule has 0 aromatic heterocycles. The Balaban J connectivity index is 0.000000317. The van der Waals surface area contributed by atoms with Crippen molar-refractivity contribution in [2.45, 2.75) is 38.2 Å². The largest absolute Gasteiger partial charge is 0.497 e. The van der Waals surface area contributed by atoms with E-state index in [1.165, 1.54) is 51.0 Å². The van der Waals surface area contributed by atoms with Gasteiger partial charge in [-0.25, -0.2) is 9.59 Å². The smallest absolute Gasteiger partial charge is 0.490 e. The van der Waals surface area contributed by atoms with Crippen LogP contribution in [0.3, 0.4) is 0 Å². The van der Waals surface area contributed by atoms with Crippen LogP contribution >= 0.6 is 0 Å². The van der Waals surface area contributed by atoms with Crippen LogP contribution in [0, 0.1) is 17.3 Å². The van der Waals surface area contributed by atoms with E-state index in [1.54, 1.807) is 7.11 Å². The maximum atomic E-state index is 10.6. The van der Waals surface area contributed by atoms with Gasteiger partial charge in [-0.3, -0.25) is 4.90 Å². The highest BCUT2D eigenvalue weighted by atomic mass is 19.4. The van der Waals surface area contributed by atoms with Crippen LogP contribution in [0.5, 0.6) is 5.75 Å². The Bertz CT molecular complexity index is 914. The Morgan fingerprint density at radius 2 is 1.51 bits per heavy atom. The molecule has 2 aliphatic heterocycles. The molecule has 1 aliphatic carbocycles. The summed E-state index contributed by atoms with van der Waals surface area (Å²) in [6.07, 6.45) is -6.10. The third kappa shape index (κ3) is 10.8. The number of likely N-dealkylation sites (tertiary alicyclic amines) is 2. The number of carbonyl (C=O) groups is 2. The van der Waals surface area contributed by atoms with Crippen molar-refractivity contribution in [3.05, 3.63) is 29.8 Å². The number of hydrogen-bond acceptors (Lipinski definition) is 6. The van der Waals surface area contributed by atoms with Crippen molar-refractivity contribution in [1.82, 2.24) is 9.80 Å². The first kappa shape index (κ1) is 32.6. The monoisotopic (exact) mass is 572 g/mol. The van der Waals surface area contributed by atoms with Crippen molar-refractivity contribution in [2.24, 2.45) is 17.3 Å². The van der Waals surface area contributed by atoms with E-state index >= 15 is 0 Å². The fourth-order valence-electron chi connectivity index (χ4n) is 4.76. The maximum Gasteiger partial charge on any atom is 0.490 e. The predicted molar refractivity (Wildman–Crippen MR) is 127 cm³/mol. The molecule has 2 saturated heterocycles. The van der Waals surface area contributed by atoms with Crippen LogP contribution in [0.15, 0.2) is 24.3 Å². The molecular formula is C25H34F6N2O6. The topological polar surface area (TPSA) is 99.5 Å². The lowest BCUT2D eigenvalue weighted by Crippen LogP contribution is -2.36. The summed E-state index contributed by atoms with van der Waals surface area (Å²) < 4.78 is 74.8. The molecule has 14 heteroatoms. The van der Waals surface area contributed by atoms with E-state index in [1.807, 2.05) is 0 Å². The maximum absolute atomic E-state index is 10.6. The molecule has 0 amide bonds. The molecule has 3 fully saturated rings. The Morgan fingerprint density at radius 1 is 0.974 bits per heavy atom. The zero-order valence-electron chi connectivity index (χ0n) is 21.7. The molecule has 1 aromatic rings. The number of alkyl halides is 6. The normalized spacial score (nSPS) is 23.5. The Kier molecular flexibility index (Phi) is 11.4.